The Morgan fingerprint density at radius 1 is 0.867 bits per heavy atom. The van der Waals surface area contributed by atoms with Gasteiger partial charge in [-0.3, -0.25) is 0 Å². The third-order valence-corrected chi connectivity index (χ3v) is 5.46. The lowest BCUT2D eigenvalue weighted by Crippen LogP contribution is -2.32. The van der Waals surface area contributed by atoms with E-state index in [1.54, 1.807) is 0 Å². The largest absolute Gasteiger partial charge is 0.490 e. The van der Waals surface area contributed by atoms with Gasteiger partial charge in [-0.25, -0.2) is 0 Å². The highest BCUT2D eigenvalue weighted by Gasteiger charge is 2.11. The van der Waals surface area contributed by atoms with Crippen LogP contribution in [0, 0.1) is 0 Å². The Morgan fingerprint density at radius 2 is 1.67 bits per heavy atom. The van der Waals surface area contributed by atoms with Crippen LogP contribution in [0.4, 0.5) is 0 Å². The van der Waals surface area contributed by atoms with Gasteiger partial charge in [-0.15, -0.1) is 0 Å². The van der Waals surface area contributed by atoms with Crippen LogP contribution in [0.25, 0.3) is 32.7 Å². The number of H-pyrrole nitrogens is 2. The van der Waals surface area contributed by atoms with Crippen LogP contribution in [0.5, 0.6) is 5.75 Å². The molecule has 2 aromatic heterocycles. The van der Waals surface area contributed by atoms with Gasteiger partial charge < -0.3 is 25.1 Å². The number of hydrogen-bond acceptors (Lipinski definition) is 3. The van der Waals surface area contributed by atoms with Crippen molar-refractivity contribution < 1.29 is 9.84 Å². The maximum absolute atomic E-state index is 10.4. The van der Waals surface area contributed by atoms with Crippen molar-refractivity contribution in [3.63, 3.8) is 0 Å². The van der Waals surface area contributed by atoms with Crippen molar-refractivity contribution in [1.82, 2.24) is 15.3 Å². The summed E-state index contributed by atoms with van der Waals surface area (Å²) in [5.74, 6) is 0.794. The van der Waals surface area contributed by atoms with E-state index in [9.17, 15) is 5.11 Å². The van der Waals surface area contributed by atoms with Crippen LogP contribution in [-0.4, -0.2) is 40.9 Å². The molecule has 0 aliphatic heterocycles. The third kappa shape index (κ3) is 3.77. The Labute approximate surface area is 174 Å². The fraction of sp³-hybridized carbons (Fsp3) is 0.200. The highest BCUT2D eigenvalue weighted by atomic mass is 16.5. The normalized spacial score (nSPS) is 12.7. The third-order valence-electron chi connectivity index (χ3n) is 5.46. The van der Waals surface area contributed by atoms with Crippen molar-refractivity contribution in [3.05, 3.63) is 78.5 Å². The first kappa shape index (κ1) is 18.7. The quantitative estimate of drug-likeness (QED) is 0.293. The maximum atomic E-state index is 10.4. The molecule has 0 saturated heterocycles. The Kier molecular flexibility index (Phi) is 5.13. The average molecular weight is 399 g/mol. The van der Waals surface area contributed by atoms with E-state index in [1.165, 1.54) is 11.1 Å². The Bertz CT molecular complexity index is 1250. The number of aliphatic hydroxyl groups excluding tert-OH is 1. The number of para-hydroxylation sites is 2. The summed E-state index contributed by atoms with van der Waals surface area (Å²) in [6.45, 7) is 1.53. The van der Waals surface area contributed by atoms with Crippen LogP contribution in [-0.2, 0) is 6.42 Å². The van der Waals surface area contributed by atoms with E-state index in [2.05, 4.69) is 45.6 Å². The molecule has 0 bridgehead atoms. The number of aliphatic hydroxyl groups is 1. The van der Waals surface area contributed by atoms with Crippen molar-refractivity contribution in [2.24, 2.45) is 0 Å². The van der Waals surface area contributed by atoms with Gasteiger partial charge in [0.2, 0.25) is 0 Å². The van der Waals surface area contributed by atoms with E-state index in [4.69, 9.17) is 4.74 Å². The second-order valence-electron chi connectivity index (χ2n) is 7.65. The zero-order chi connectivity index (χ0) is 20.3. The number of ether oxygens (including phenoxy) is 1. The number of rotatable bonds is 8. The van der Waals surface area contributed by atoms with Crippen molar-refractivity contribution >= 4 is 32.7 Å². The molecule has 0 aliphatic carbocycles. The number of hydrogen-bond donors (Lipinski definition) is 4. The summed E-state index contributed by atoms with van der Waals surface area (Å²) in [4.78, 5) is 6.84. The number of fused-ring (bicyclic) bond motifs is 4. The van der Waals surface area contributed by atoms with Crippen LogP contribution < -0.4 is 10.1 Å². The SMILES string of the molecule is OC(CNCCc1cc2ccccc2[nH]1)COc1cccc2[nH]c3ccccc3c12. The number of aromatic nitrogens is 2. The van der Waals surface area contributed by atoms with Gasteiger partial charge in [0, 0.05) is 40.6 Å². The molecule has 0 saturated carbocycles. The molecule has 5 heteroatoms. The molecule has 0 aliphatic rings. The first-order valence-electron chi connectivity index (χ1n) is 10.4. The first-order valence-corrected chi connectivity index (χ1v) is 10.4. The Balaban J connectivity index is 1.15. The summed E-state index contributed by atoms with van der Waals surface area (Å²) in [6.07, 6.45) is 0.310. The van der Waals surface area contributed by atoms with E-state index in [1.807, 2.05) is 42.5 Å². The minimum absolute atomic E-state index is 0.248. The van der Waals surface area contributed by atoms with Gasteiger partial charge in [0.15, 0.2) is 0 Å². The minimum Gasteiger partial charge on any atom is -0.490 e. The van der Waals surface area contributed by atoms with Crippen LogP contribution in [0.1, 0.15) is 5.69 Å². The van der Waals surface area contributed by atoms with E-state index in [-0.39, 0.29) is 6.61 Å². The molecular formula is C25H25N3O2. The zero-order valence-electron chi connectivity index (χ0n) is 16.7. The van der Waals surface area contributed by atoms with E-state index >= 15 is 0 Å². The lowest BCUT2D eigenvalue weighted by molar-refractivity contribution is 0.107. The molecule has 152 valence electrons. The molecule has 5 nitrogen and oxygen atoms in total. The van der Waals surface area contributed by atoms with Crippen molar-refractivity contribution in [2.45, 2.75) is 12.5 Å². The monoisotopic (exact) mass is 399 g/mol. The summed E-state index contributed by atoms with van der Waals surface area (Å²) < 4.78 is 5.99. The molecule has 1 atom stereocenters. The van der Waals surface area contributed by atoms with Gasteiger partial charge in [0.25, 0.3) is 0 Å². The summed E-state index contributed by atoms with van der Waals surface area (Å²) in [7, 11) is 0. The summed E-state index contributed by atoms with van der Waals surface area (Å²) in [6, 6.07) is 24.6. The lowest BCUT2D eigenvalue weighted by atomic mass is 10.1. The summed E-state index contributed by atoms with van der Waals surface area (Å²) >= 11 is 0. The smallest absolute Gasteiger partial charge is 0.129 e. The second kappa shape index (κ2) is 8.22. The predicted molar refractivity (Wildman–Crippen MR) is 122 cm³/mol. The lowest BCUT2D eigenvalue weighted by Gasteiger charge is -2.14. The molecule has 2 heterocycles. The Hall–Kier alpha value is -3.28. The van der Waals surface area contributed by atoms with E-state index < -0.39 is 6.10 Å². The minimum atomic E-state index is -0.576. The second-order valence-corrected chi connectivity index (χ2v) is 7.65. The highest BCUT2D eigenvalue weighted by molar-refractivity contribution is 6.10. The molecule has 0 fully saturated rings. The van der Waals surface area contributed by atoms with E-state index in [0.717, 1.165) is 46.0 Å². The average Bonchev–Trinajstić information content (AvgIpc) is 3.36. The van der Waals surface area contributed by atoms with Gasteiger partial charge in [0.05, 0.1) is 5.52 Å². The van der Waals surface area contributed by atoms with Gasteiger partial charge in [-0.1, -0.05) is 42.5 Å². The molecule has 1 unspecified atom stereocenters. The molecule has 4 N–H and O–H groups in total. The molecule has 0 amide bonds. The van der Waals surface area contributed by atoms with Crippen molar-refractivity contribution in [3.8, 4) is 5.75 Å². The predicted octanol–water partition coefficient (Wildman–Crippen LogP) is 4.37. The highest BCUT2D eigenvalue weighted by Crippen LogP contribution is 2.32. The van der Waals surface area contributed by atoms with Crippen molar-refractivity contribution in [1.29, 1.82) is 0 Å². The number of aromatic amines is 2. The van der Waals surface area contributed by atoms with Gasteiger partial charge in [-0.05, 0) is 42.1 Å². The summed E-state index contributed by atoms with van der Waals surface area (Å²) in [5.41, 5.74) is 4.48. The Morgan fingerprint density at radius 3 is 2.57 bits per heavy atom. The molecule has 5 rings (SSSR count). The van der Waals surface area contributed by atoms with Crippen LogP contribution in [0.15, 0.2) is 72.8 Å². The maximum Gasteiger partial charge on any atom is 0.129 e. The van der Waals surface area contributed by atoms with Crippen molar-refractivity contribution in [2.75, 3.05) is 19.7 Å². The molecular weight excluding hydrogens is 374 g/mol. The fourth-order valence-electron chi connectivity index (χ4n) is 3.99. The number of nitrogens with one attached hydrogen (secondary N) is 3. The van der Waals surface area contributed by atoms with Crippen LogP contribution in [0.3, 0.4) is 0 Å². The molecule has 30 heavy (non-hydrogen) atoms. The van der Waals surface area contributed by atoms with Crippen LogP contribution >= 0.6 is 0 Å². The standard InChI is InChI=1S/C25H25N3O2/c29-19(15-26-13-12-18-14-17-6-1-3-8-21(17)27-18)16-30-24-11-5-10-23-25(24)20-7-2-4-9-22(20)28-23/h1-11,14,19,26-29H,12-13,15-16H2. The molecule has 3 aromatic carbocycles. The first-order chi connectivity index (χ1) is 14.8. The number of benzene rings is 3. The molecule has 5 aromatic rings. The van der Waals surface area contributed by atoms with Gasteiger partial charge in [-0.2, -0.15) is 0 Å². The summed E-state index contributed by atoms with van der Waals surface area (Å²) in [5, 5.41) is 17.1. The molecule has 0 radical (unpaired) electrons. The van der Waals surface area contributed by atoms with Gasteiger partial charge >= 0.3 is 0 Å². The topological polar surface area (TPSA) is 73.1 Å². The van der Waals surface area contributed by atoms with E-state index in [0.29, 0.717) is 6.54 Å². The zero-order valence-corrected chi connectivity index (χ0v) is 16.7. The van der Waals surface area contributed by atoms with Gasteiger partial charge in [0.1, 0.15) is 18.5 Å². The fourth-order valence-corrected chi connectivity index (χ4v) is 3.99. The molecule has 0 spiro atoms. The van der Waals surface area contributed by atoms with Crippen LogP contribution in [0.2, 0.25) is 0 Å².